The van der Waals surface area contributed by atoms with E-state index < -0.39 is 10.0 Å². The van der Waals surface area contributed by atoms with Crippen LogP contribution in [0, 0.1) is 5.92 Å². The molecule has 2 fully saturated rings. The van der Waals surface area contributed by atoms with Crippen molar-refractivity contribution in [2.24, 2.45) is 5.92 Å². The van der Waals surface area contributed by atoms with E-state index in [4.69, 9.17) is 0 Å². The lowest BCUT2D eigenvalue weighted by Crippen LogP contribution is -2.40. The molecule has 20 heavy (non-hydrogen) atoms. The van der Waals surface area contributed by atoms with Gasteiger partial charge in [-0.25, -0.2) is 8.42 Å². The topological polar surface area (TPSA) is 67.2 Å². The van der Waals surface area contributed by atoms with Crippen molar-refractivity contribution in [1.82, 2.24) is 19.4 Å². The quantitative estimate of drug-likeness (QED) is 0.897. The molecule has 3 rings (SSSR count). The van der Waals surface area contributed by atoms with Gasteiger partial charge in [0.15, 0.2) is 5.03 Å². The molecular formula is C12H21ClN4O2S. The molecule has 1 aromatic heterocycles. The maximum atomic E-state index is 12.8. The van der Waals surface area contributed by atoms with Gasteiger partial charge in [-0.05, 0) is 38.8 Å². The van der Waals surface area contributed by atoms with Gasteiger partial charge in [-0.3, -0.25) is 4.68 Å². The van der Waals surface area contributed by atoms with Gasteiger partial charge in [0.25, 0.3) is 10.0 Å². The van der Waals surface area contributed by atoms with E-state index in [1.165, 1.54) is 0 Å². The highest BCUT2D eigenvalue weighted by molar-refractivity contribution is 7.89. The van der Waals surface area contributed by atoms with Crippen LogP contribution in [0.15, 0.2) is 17.3 Å². The summed E-state index contributed by atoms with van der Waals surface area (Å²) in [4.78, 5) is 0. The molecule has 6 nitrogen and oxygen atoms in total. The second-order valence-electron chi connectivity index (χ2n) is 5.60. The van der Waals surface area contributed by atoms with Crippen molar-refractivity contribution >= 4 is 22.4 Å². The summed E-state index contributed by atoms with van der Waals surface area (Å²) in [6.07, 6.45) is 2.51. The fourth-order valence-electron chi connectivity index (χ4n) is 3.12. The first-order valence-corrected chi connectivity index (χ1v) is 8.22. The van der Waals surface area contributed by atoms with Crippen LogP contribution < -0.4 is 5.32 Å². The molecule has 3 heterocycles. The summed E-state index contributed by atoms with van der Waals surface area (Å²) in [5, 5.41) is 7.73. The van der Waals surface area contributed by atoms with Crippen molar-refractivity contribution < 1.29 is 8.42 Å². The van der Waals surface area contributed by atoms with Gasteiger partial charge in [0, 0.05) is 25.2 Å². The van der Waals surface area contributed by atoms with Crippen LogP contribution in [0.5, 0.6) is 0 Å². The van der Waals surface area contributed by atoms with Gasteiger partial charge in [0.05, 0.1) is 6.20 Å². The maximum Gasteiger partial charge on any atom is 0.260 e. The highest BCUT2D eigenvalue weighted by Crippen LogP contribution is 2.32. The third kappa shape index (κ3) is 2.36. The lowest BCUT2D eigenvalue weighted by molar-refractivity contribution is 0.373. The van der Waals surface area contributed by atoms with E-state index in [1.807, 2.05) is 13.8 Å². The molecule has 2 aliphatic rings. The predicted molar refractivity (Wildman–Crippen MR) is 78.5 cm³/mol. The van der Waals surface area contributed by atoms with Crippen molar-refractivity contribution in [3.63, 3.8) is 0 Å². The molecular weight excluding hydrogens is 300 g/mol. The van der Waals surface area contributed by atoms with E-state index in [0.29, 0.717) is 17.5 Å². The van der Waals surface area contributed by atoms with Gasteiger partial charge in [-0.1, -0.05) is 0 Å². The molecule has 0 amide bonds. The summed E-state index contributed by atoms with van der Waals surface area (Å²) >= 11 is 0. The highest BCUT2D eigenvalue weighted by atomic mass is 35.5. The average Bonchev–Trinajstić information content (AvgIpc) is 3.04. The third-order valence-electron chi connectivity index (χ3n) is 4.09. The molecule has 1 N–H and O–H groups in total. The molecule has 0 aromatic carbocycles. The van der Waals surface area contributed by atoms with Gasteiger partial charge in [0.2, 0.25) is 0 Å². The zero-order valence-electron chi connectivity index (χ0n) is 11.7. The number of fused-ring (bicyclic) bond motifs is 1. The van der Waals surface area contributed by atoms with E-state index in [1.54, 1.807) is 21.3 Å². The van der Waals surface area contributed by atoms with Crippen LogP contribution in [-0.2, 0) is 10.0 Å². The number of hydrogen-bond acceptors (Lipinski definition) is 4. The summed E-state index contributed by atoms with van der Waals surface area (Å²) in [7, 11) is -3.43. The first-order chi connectivity index (χ1) is 9.01. The Morgan fingerprint density at radius 1 is 1.40 bits per heavy atom. The first kappa shape index (κ1) is 15.8. The zero-order chi connectivity index (χ0) is 13.6. The molecule has 114 valence electrons. The maximum absolute atomic E-state index is 12.8. The Labute approximate surface area is 126 Å². The molecule has 0 spiro atoms. The summed E-state index contributed by atoms with van der Waals surface area (Å²) in [5.74, 6) is 0.463. The second-order valence-corrected chi connectivity index (χ2v) is 7.44. The van der Waals surface area contributed by atoms with E-state index in [-0.39, 0.29) is 24.5 Å². The van der Waals surface area contributed by atoms with E-state index in [2.05, 4.69) is 10.4 Å². The van der Waals surface area contributed by atoms with Crippen molar-refractivity contribution in [3.05, 3.63) is 12.3 Å². The predicted octanol–water partition coefficient (Wildman–Crippen LogP) is 0.868. The third-order valence-corrected chi connectivity index (χ3v) is 6.01. The van der Waals surface area contributed by atoms with E-state index in [0.717, 1.165) is 19.5 Å². The SMILES string of the molecule is CC(C)n1nccc1S(=O)(=O)N1CC[C@H]2CNC[C@H]21.Cl. The minimum atomic E-state index is -3.43. The molecule has 0 bridgehead atoms. The van der Waals surface area contributed by atoms with Gasteiger partial charge in [-0.15, -0.1) is 12.4 Å². The van der Waals surface area contributed by atoms with E-state index >= 15 is 0 Å². The Bertz CT molecular complexity index is 572. The number of nitrogens with zero attached hydrogens (tertiary/aromatic N) is 3. The van der Waals surface area contributed by atoms with Crippen LogP contribution in [-0.4, -0.2) is 48.2 Å². The number of hydrogen-bond donors (Lipinski definition) is 1. The normalized spacial score (nSPS) is 26.8. The fourth-order valence-corrected chi connectivity index (χ4v) is 5.04. The Hall–Kier alpha value is -0.630. The zero-order valence-corrected chi connectivity index (χ0v) is 13.3. The minimum absolute atomic E-state index is 0. The smallest absolute Gasteiger partial charge is 0.260 e. The molecule has 0 unspecified atom stereocenters. The highest BCUT2D eigenvalue weighted by Gasteiger charge is 2.44. The monoisotopic (exact) mass is 320 g/mol. The van der Waals surface area contributed by atoms with Crippen LogP contribution >= 0.6 is 12.4 Å². The molecule has 0 saturated carbocycles. The van der Waals surface area contributed by atoms with Gasteiger partial charge >= 0.3 is 0 Å². The van der Waals surface area contributed by atoms with E-state index in [9.17, 15) is 8.42 Å². The number of aromatic nitrogens is 2. The van der Waals surface area contributed by atoms with Crippen molar-refractivity contribution in [2.75, 3.05) is 19.6 Å². The minimum Gasteiger partial charge on any atom is -0.315 e. The van der Waals surface area contributed by atoms with Crippen LogP contribution in [0.3, 0.4) is 0 Å². The summed E-state index contributed by atoms with van der Waals surface area (Å²) < 4.78 is 28.9. The van der Waals surface area contributed by atoms with Crippen LogP contribution in [0.1, 0.15) is 26.3 Å². The van der Waals surface area contributed by atoms with Crippen molar-refractivity contribution in [3.8, 4) is 0 Å². The number of nitrogens with one attached hydrogen (secondary N) is 1. The molecule has 0 aliphatic carbocycles. The van der Waals surface area contributed by atoms with Crippen molar-refractivity contribution in [2.45, 2.75) is 37.4 Å². The Morgan fingerprint density at radius 2 is 2.15 bits per heavy atom. The van der Waals surface area contributed by atoms with Gasteiger partial charge in [-0.2, -0.15) is 9.40 Å². The Morgan fingerprint density at radius 3 is 2.85 bits per heavy atom. The van der Waals surface area contributed by atoms with Gasteiger partial charge < -0.3 is 5.32 Å². The molecule has 8 heteroatoms. The van der Waals surface area contributed by atoms with Crippen molar-refractivity contribution in [1.29, 1.82) is 0 Å². The van der Waals surface area contributed by atoms with Crippen LogP contribution in [0.25, 0.3) is 0 Å². The summed E-state index contributed by atoms with van der Waals surface area (Å²) in [6, 6.07) is 1.76. The molecule has 0 radical (unpaired) electrons. The summed E-state index contributed by atoms with van der Waals surface area (Å²) in [5.41, 5.74) is 0. The fraction of sp³-hybridized carbons (Fsp3) is 0.750. The lowest BCUT2D eigenvalue weighted by atomic mass is 10.1. The second kappa shape index (κ2) is 5.63. The number of sulfonamides is 1. The van der Waals surface area contributed by atoms with Crippen LogP contribution in [0.4, 0.5) is 0 Å². The van der Waals surface area contributed by atoms with Gasteiger partial charge in [0.1, 0.15) is 0 Å². The largest absolute Gasteiger partial charge is 0.315 e. The lowest BCUT2D eigenvalue weighted by Gasteiger charge is -2.23. The number of halogens is 1. The number of rotatable bonds is 3. The Kier molecular flexibility index (Phi) is 4.44. The summed E-state index contributed by atoms with van der Waals surface area (Å²) in [6.45, 7) is 6.20. The molecule has 1 aromatic rings. The molecule has 2 atom stereocenters. The Balaban J connectivity index is 0.00000147. The molecule has 2 saturated heterocycles. The molecule has 2 aliphatic heterocycles. The first-order valence-electron chi connectivity index (χ1n) is 6.78. The standard InChI is InChI=1S/C12H20N4O2S.ClH/c1-9(2)16-12(3-5-14-16)19(17,18)15-6-4-10-7-13-8-11(10)15;/h3,5,9-11,13H,4,6-8H2,1-2H3;1H/t10-,11+;/m0./s1. The van der Waals surface area contributed by atoms with Crippen LogP contribution in [0.2, 0.25) is 0 Å². The average molecular weight is 321 g/mol.